The summed E-state index contributed by atoms with van der Waals surface area (Å²) < 4.78 is 0. The molecule has 0 aliphatic carbocycles. The highest BCUT2D eigenvalue weighted by molar-refractivity contribution is 5.96. The smallest absolute Gasteiger partial charge is 0.326 e. The van der Waals surface area contributed by atoms with E-state index in [1.54, 1.807) is 20.8 Å². The van der Waals surface area contributed by atoms with Crippen molar-refractivity contribution in [2.24, 2.45) is 23.3 Å². The Balaban J connectivity index is 5.49. The number of carboxylic acid groups (broad SMARTS) is 2. The molecule has 0 rings (SSSR count). The van der Waals surface area contributed by atoms with Gasteiger partial charge in [0.25, 0.3) is 0 Å². The Morgan fingerprint density at radius 1 is 0.848 bits per heavy atom. The first kappa shape index (κ1) is 29.8. The molecule has 13 heteroatoms. The zero-order valence-electron chi connectivity index (χ0n) is 19.3. The molecule has 4 amide bonds. The van der Waals surface area contributed by atoms with Crippen LogP contribution in [-0.4, -0.2) is 69.9 Å². The standard InChI is InChI=1S/C20H35N5O8/c1-5-10(4)15(22)18(30)25-16(9(2)3)19(31)24-12(8-13(21)26)17(29)23-11(20(32)33)6-7-14(27)28/h9-12,15-16H,5-8,22H2,1-4H3,(H2,21,26)(H,23,29)(H,24,31)(H,25,30)(H,27,28)(H,32,33). The quantitative estimate of drug-likeness (QED) is 0.143. The molecule has 0 heterocycles. The monoisotopic (exact) mass is 473 g/mol. The fourth-order valence-corrected chi connectivity index (χ4v) is 2.77. The normalized spacial score (nSPS) is 15.5. The van der Waals surface area contributed by atoms with Crippen LogP contribution in [0, 0.1) is 11.8 Å². The highest BCUT2D eigenvalue weighted by atomic mass is 16.4. The van der Waals surface area contributed by atoms with Crippen LogP contribution in [0.2, 0.25) is 0 Å². The lowest BCUT2D eigenvalue weighted by Gasteiger charge is -2.27. The van der Waals surface area contributed by atoms with E-state index in [9.17, 15) is 33.9 Å². The van der Waals surface area contributed by atoms with Gasteiger partial charge < -0.3 is 37.6 Å². The average molecular weight is 474 g/mol. The third kappa shape index (κ3) is 10.8. The summed E-state index contributed by atoms with van der Waals surface area (Å²) in [4.78, 5) is 71.3. The predicted molar refractivity (Wildman–Crippen MR) is 116 cm³/mol. The molecule has 188 valence electrons. The van der Waals surface area contributed by atoms with Gasteiger partial charge in [-0.05, 0) is 18.3 Å². The van der Waals surface area contributed by atoms with E-state index in [0.717, 1.165) is 0 Å². The van der Waals surface area contributed by atoms with E-state index >= 15 is 0 Å². The van der Waals surface area contributed by atoms with Crippen molar-refractivity contribution in [1.82, 2.24) is 16.0 Å². The first-order valence-electron chi connectivity index (χ1n) is 10.6. The summed E-state index contributed by atoms with van der Waals surface area (Å²) >= 11 is 0. The van der Waals surface area contributed by atoms with Gasteiger partial charge in [-0.2, -0.15) is 0 Å². The maximum absolute atomic E-state index is 12.8. The van der Waals surface area contributed by atoms with Gasteiger partial charge in [-0.15, -0.1) is 0 Å². The molecule has 0 saturated heterocycles. The fourth-order valence-electron chi connectivity index (χ4n) is 2.77. The zero-order chi connectivity index (χ0) is 25.9. The minimum atomic E-state index is -1.56. The summed E-state index contributed by atoms with van der Waals surface area (Å²) in [7, 11) is 0. The summed E-state index contributed by atoms with van der Waals surface area (Å²) in [5.74, 6) is -6.65. The summed E-state index contributed by atoms with van der Waals surface area (Å²) in [6, 6.07) is -5.06. The lowest BCUT2D eigenvalue weighted by atomic mass is 9.97. The molecule has 0 bridgehead atoms. The average Bonchev–Trinajstić information content (AvgIpc) is 2.71. The van der Waals surface area contributed by atoms with E-state index in [-0.39, 0.29) is 5.92 Å². The molecule has 0 aliphatic rings. The van der Waals surface area contributed by atoms with Crippen LogP contribution in [0.25, 0.3) is 0 Å². The molecule has 0 fully saturated rings. The number of hydrogen-bond acceptors (Lipinski definition) is 7. The molecule has 0 spiro atoms. The molecular formula is C20H35N5O8. The summed E-state index contributed by atoms with van der Waals surface area (Å²) in [6.45, 7) is 6.94. The SMILES string of the molecule is CCC(C)C(N)C(=O)NC(C(=O)NC(CC(N)=O)C(=O)NC(CCC(=O)O)C(=O)O)C(C)C. The van der Waals surface area contributed by atoms with E-state index in [1.807, 2.05) is 6.92 Å². The summed E-state index contributed by atoms with van der Waals surface area (Å²) in [6.07, 6.45) is -0.942. The Labute approximate surface area is 192 Å². The first-order valence-corrected chi connectivity index (χ1v) is 10.6. The Morgan fingerprint density at radius 3 is 1.82 bits per heavy atom. The van der Waals surface area contributed by atoms with Gasteiger partial charge in [-0.25, -0.2) is 4.79 Å². The molecule has 0 radical (unpaired) electrons. The highest BCUT2D eigenvalue weighted by Crippen LogP contribution is 2.09. The zero-order valence-corrected chi connectivity index (χ0v) is 19.3. The van der Waals surface area contributed by atoms with Crippen LogP contribution in [0.4, 0.5) is 0 Å². The van der Waals surface area contributed by atoms with E-state index in [4.69, 9.17) is 16.6 Å². The number of nitrogens with two attached hydrogens (primary N) is 2. The number of amides is 4. The number of carboxylic acids is 2. The van der Waals surface area contributed by atoms with E-state index in [0.29, 0.717) is 6.42 Å². The van der Waals surface area contributed by atoms with Gasteiger partial charge in [-0.1, -0.05) is 34.1 Å². The van der Waals surface area contributed by atoms with Crippen LogP contribution in [-0.2, 0) is 28.8 Å². The van der Waals surface area contributed by atoms with E-state index in [1.165, 1.54) is 0 Å². The molecular weight excluding hydrogens is 438 g/mol. The Bertz CT molecular complexity index is 742. The Kier molecular flexibility index (Phi) is 12.7. The topological polar surface area (TPSA) is 231 Å². The maximum atomic E-state index is 12.8. The lowest BCUT2D eigenvalue weighted by molar-refractivity contribution is -0.143. The molecule has 0 aromatic heterocycles. The Hall–Kier alpha value is -3.22. The molecule has 5 unspecified atom stereocenters. The van der Waals surface area contributed by atoms with Crippen LogP contribution >= 0.6 is 0 Å². The molecule has 0 aliphatic heterocycles. The van der Waals surface area contributed by atoms with Crippen molar-refractivity contribution in [1.29, 1.82) is 0 Å². The van der Waals surface area contributed by atoms with Gasteiger partial charge in [0.1, 0.15) is 18.1 Å². The van der Waals surface area contributed by atoms with Crippen molar-refractivity contribution in [2.45, 2.75) is 77.5 Å². The van der Waals surface area contributed by atoms with Gasteiger partial charge in [0.15, 0.2) is 0 Å². The van der Waals surface area contributed by atoms with Crippen molar-refractivity contribution < 1.29 is 39.0 Å². The summed E-state index contributed by atoms with van der Waals surface area (Å²) in [5, 5.41) is 24.9. The second-order valence-electron chi connectivity index (χ2n) is 8.21. The second kappa shape index (κ2) is 14.0. The van der Waals surface area contributed by atoms with Crippen LogP contribution in [0.1, 0.15) is 53.4 Å². The first-order chi connectivity index (χ1) is 15.2. The van der Waals surface area contributed by atoms with Crippen molar-refractivity contribution >= 4 is 35.6 Å². The molecule has 9 N–H and O–H groups in total. The third-order valence-electron chi connectivity index (χ3n) is 5.11. The maximum Gasteiger partial charge on any atom is 0.326 e. The highest BCUT2D eigenvalue weighted by Gasteiger charge is 2.33. The van der Waals surface area contributed by atoms with Crippen molar-refractivity contribution in [3.8, 4) is 0 Å². The molecule has 0 saturated carbocycles. The van der Waals surface area contributed by atoms with Gasteiger partial charge in [-0.3, -0.25) is 24.0 Å². The van der Waals surface area contributed by atoms with Crippen LogP contribution in [0.5, 0.6) is 0 Å². The van der Waals surface area contributed by atoms with Crippen molar-refractivity contribution in [3.05, 3.63) is 0 Å². The van der Waals surface area contributed by atoms with E-state index in [2.05, 4.69) is 16.0 Å². The largest absolute Gasteiger partial charge is 0.481 e. The number of nitrogens with one attached hydrogen (secondary N) is 3. The number of carbonyl (C=O) groups excluding carboxylic acids is 4. The van der Waals surface area contributed by atoms with Crippen molar-refractivity contribution in [3.63, 3.8) is 0 Å². The number of primary amides is 1. The molecule has 0 aromatic rings. The lowest BCUT2D eigenvalue weighted by Crippen LogP contribution is -2.59. The van der Waals surface area contributed by atoms with Gasteiger partial charge in [0.05, 0.1) is 12.5 Å². The minimum absolute atomic E-state index is 0.145. The molecule has 5 atom stereocenters. The number of rotatable bonds is 15. The van der Waals surface area contributed by atoms with Crippen LogP contribution in [0.15, 0.2) is 0 Å². The number of hydrogen-bond donors (Lipinski definition) is 7. The fraction of sp³-hybridized carbons (Fsp3) is 0.700. The third-order valence-corrected chi connectivity index (χ3v) is 5.11. The minimum Gasteiger partial charge on any atom is -0.481 e. The molecule has 33 heavy (non-hydrogen) atoms. The molecule has 13 nitrogen and oxygen atoms in total. The van der Waals surface area contributed by atoms with Gasteiger partial charge in [0.2, 0.25) is 23.6 Å². The predicted octanol–water partition coefficient (Wildman–Crippen LogP) is -1.70. The van der Waals surface area contributed by atoms with Gasteiger partial charge >= 0.3 is 11.9 Å². The van der Waals surface area contributed by atoms with Gasteiger partial charge in [0, 0.05) is 6.42 Å². The number of aliphatic carboxylic acids is 2. The second-order valence-corrected chi connectivity index (χ2v) is 8.21. The summed E-state index contributed by atoms with van der Waals surface area (Å²) in [5.41, 5.74) is 11.1. The number of carbonyl (C=O) groups is 6. The van der Waals surface area contributed by atoms with Crippen LogP contribution in [0.3, 0.4) is 0 Å². The van der Waals surface area contributed by atoms with E-state index < -0.39 is 84.9 Å². The Morgan fingerprint density at radius 2 is 1.39 bits per heavy atom. The molecule has 0 aromatic carbocycles. The van der Waals surface area contributed by atoms with Crippen LogP contribution < -0.4 is 27.4 Å². The van der Waals surface area contributed by atoms with Crippen molar-refractivity contribution in [2.75, 3.05) is 0 Å².